The lowest BCUT2D eigenvalue weighted by atomic mass is 10.2. The Hall–Kier alpha value is -2.97. The first-order valence-electron chi connectivity index (χ1n) is 9.83. The number of fused-ring (bicyclic) bond motifs is 1. The van der Waals surface area contributed by atoms with Crippen LogP contribution in [-0.2, 0) is 22.6 Å². The molecular weight excluding hydrogens is 432 g/mol. The van der Waals surface area contributed by atoms with Crippen molar-refractivity contribution in [3.8, 4) is 22.1 Å². The second-order valence-electron chi connectivity index (χ2n) is 6.80. The third-order valence-corrected chi connectivity index (χ3v) is 6.71. The number of thiazole rings is 2. The lowest BCUT2D eigenvalue weighted by Crippen LogP contribution is -2.05. The van der Waals surface area contributed by atoms with Crippen molar-refractivity contribution in [3.63, 3.8) is 0 Å². The lowest BCUT2D eigenvalue weighted by molar-refractivity contribution is -0.145. The van der Waals surface area contributed by atoms with Crippen molar-refractivity contribution in [2.45, 2.75) is 25.9 Å². The number of benzene rings is 2. The third-order valence-electron chi connectivity index (χ3n) is 4.67. The minimum absolute atomic E-state index is 0.170. The third kappa shape index (κ3) is 5.21. The molecule has 0 N–H and O–H groups in total. The van der Waals surface area contributed by atoms with Gasteiger partial charge < -0.3 is 14.2 Å². The summed E-state index contributed by atoms with van der Waals surface area (Å²) in [5, 5.41) is 3.79. The average Bonchev–Trinajstić information content (AvgIpc) is 3.44. The van der Waals surface area contributed by atoms with Gasteiger partial charge in [0.05, 0.1) is 35.1 Å². The molecule has 4 rings (SSSR count). The molecule has 31 heavy (non-hydrogen) atoms. The van der Waals surface area contributed by atoms with Crippen LogP contribution >= 0.6 is 22.7 Å². The Morgan fingerprint density at radius 3 is 2.68 bits per heavy atom. The molecule has 2 heterocycles. The molecule has 0 amide bonds. The molecule has 8 heteroatoms. The highest BCUT2D eigenvalue weighted by Gasteiger charge is 2.11. The van der Waals surface area contributed by atoms with Gasteiger partial charge in [0.15, 0.2) is 11.5 Å². The molecule has 0 radical (unpaired) electrons. The molecule has 0 bridgehead atoms. The Bertz CT molecular complexity index is 1150. The first kappa shape index (κ1) is 21.3. The van der Waals surface area contributed by atoms with E-state index in [0.29, 0.717) is 24.3 Å². The van der Waals surface area contributed by atoms with E-state index < -0.39 is 0 Å². The van der Waals surface area contributed by atoms with Gasteiger partial charge in [0, 0.05) is 17.4 Å². The van der Waals surface area contributed by atoms with Crippen LogP contribution in [0.25, 0.3) is 20.8 Å². The summed E-state index contributed by atoms with van der Waals surface area (Å²) in [6.45, 7) is 0.170. The van der Waals surface area contributed by atoms with E-state index in [2.05, 4.69) is 16.0 Å². The molecule has 0 aliphatic rings. The van der Waals surface area contributed by atoms with E-state index in [1.165, 1.54) is 16.0 Å². The number of para-hydroxylation sites is 1. The maximum Gasteiger partial charge on any atom is 0.306 e. The van der Waals surface area contributed by atoms with Crippen LogP contribution in [-0.4, -0.2) is 30.2 Å². The number of carbonyl (C=O) groups is 1. The largest absolute Gasteiger partial charge is 0.493 e. The van der Waals surface area contributed by atoms with Crippen molar-refractivity contribution >= 4 is 38.9 Å². The molecule has 0 aliphatic heterocycles. The zero-order valence-electron chi connectivity index (χ0n) is 17.3. The Balaban J connectivity index is 1.26. The van der Waals surface area contributed by atoms with Gasteiger partial charge in [-0.05, 0) is 43.2 Å². The normalized spacial score (nSPS) is 10.9. The van der Waals surface area contributed by atoms with Crippen LogP contribution in [0.5, 0.6) is 11.5 Å². The van der Waals surface area contributed by atoms with Gasteiger partial charge in [-0.25, -0.2) is 9.97 Å². The summed E-state index contributed by atoms with van der Waals surface area (Å²) in [4.78, 5) is 21.3. The number of methoxy groups -OCH3 is 2. The van der Waals surface area contributed by atoms with Crippen molar-refractivity contribution in [3.05, 3.63) is 58.5 Å². The standard InChI is InChI=1S/C23H22N2O4S2/c1-27-18-11-10-15(12-19(18)28-2)23-24-16(14-30-23)13-29-22(26)9-5-8-21-25-17-6-3-4-7-20(17)31-21/h3-4,6-7,10-12,14H,5,8-9,13H2,1-2H3. The van der Waals surface area contributed by atoms with Crippen molar-refractivity contribution in [2.75, 3.05) is 14.2 Å². The highest BCUT2D eigenvalue weighted by molar-refractivity contribution is 7.18. The van der Waals surface area contributed by atoms with E-state index >= 15 is 0 Å². The highest BCUT2D eigenvalue weighted by atomic mass is 32.1. The van der Waals surface area contributed by atoms with Crippen LogP contribution in [0.1, 0.15) is 23.5 Å². The van der Waals surface area contributed by atoms with Crippen LogP contribution < -0.4 is 9.47 Å². The van der Waals surface area contributed by atoms with E-state index in [1.807, 2.05) is 41.8 Å². The van der Waals surface area contributed by atoms with E-state index in [1.54, 1.807) is 25.6 Å². The summed E-state index contributed by atoms with van der Waals surface area (Å²) < 4.78 is 17.2. The number of esters is 1. The molecule has 0 aliphatic carbocycles. The first-order valence-corrected chi connectivity index (χ1v) is 11.5. The summed E-state index contributed by atoms with van der Waals surface area (Å²) in [5.41, 5.74) is 2.67. The predicted molar refractivity (Wildman–Crippen MR) is 123 cm³/mol. The van der Waals surface area contributed by atoms with Crippen LogP contribution in [0.3, 0.4) is 0 Å². The summed E-state index contributed by atoms with van der Waals surface area (Å²) in [5.74, 6) is 1.10. The number of aromatic nitrogens is 2. The van der Waals surface area contributed by atoms with Gasteiger partial charge in [-0.15, -0.1) is 22.7 Å². The molecule has 0 fully saturated rings. The summed E-state index contributed by atoms with van der Waals surface area (Å²) >= 11 is 3.17. The molecule has 6 nitrogen and oxygen atoms in total. The van der Waals surface area contributed by atoms with Gasteiger partial charge in [-0.3, -0.25) is 4.79 Å². The number of aryl methyl sites for hydroxylation is 1. The second-order valence-corrected chi connectivity index (χ2v) is 8.78. The van der Waals surface area contributed by atoms with Gasteiger partial charge in [0.2, 0.25) is 0 Å². The molecule has 2 aromatic heterocycles. The minimum atomic E-state index is -0.221. The summed E-state index contributed by atoms with van der Waals surface area (Å²) in [6.07, 6.45) is 1.85. The van der Waals surface area contributed by atoms with Crippen LogP contribution in [0.15, 0.2) is 47.8 Å². The van der Waals surface area contributed by atoms with Crippen LogP contribution in [0.4, 0.5) is 0 Å². The monoisotopic (exact) mass is 454 g/mol. The molecule has 160 valence electrons. The number of hydrogen-bond donors (Lipinski definition) is 0. The maximum atomic E-state index is 12.1. The quantitative estimate of drug-likeness (QED) is 0.311. The minimum Gasteiger partial charge on any atom is -0.493 e. The Morgan fingerprint density at radius 2 is 1.87 bits per heavy atom. The van der Waals surface area contributed by atoms with Crippen molar-refractivity contribution in [2.24, 2.45) is 0 Å². The molecule has 0 saturated carbocycles. The smallest absolute Gasteiger partial charge is 0.306 e. The van der Waals surface area contributed by atoms with Gasteiger partial charge >= 0.3 is 5.97 Å². The molecule has 2 aromatic carbocycles. The second kappa shape index (κ2) is 9.89. The van der Waals surface area contributed by atoms with Crippen molar-refractivity contribution in [1.82, 2.24) is 9.97 Å². The Morgan fingerprint density at radius 1 is 1.03 bits per heavy atom. The fourth-order valence-electron chi connectivity index (χ4n) is 3.11. The topological polar surface area (TPSA) is 70.5 Å². The number of rotatable bonds is 9. The lowest BCUT2D eigenvalue weighted by Gasteiger charge is -2.08. The van der Waals surface area contributed by atoms with Crippen LogP contribution in [0.2, 0.25) is 0 Å². The van der Waals surface area contributed by atoms with E-state index in [-0.39, 0.29) is 12.6 Å². The fourth-order valence-corrected chi connectivity index (χ4v) is 4.92. The number of carbonyl (C=O) groups excluding carboxylic acids is 1. The molecule has 0 unspecified atom stereocenters. The molecule has 4 aromatic rings. The molecule has 0 saturated heterocycles. The van der Waals surface area contributed by atoms with Gasteiger partial charge in [-0.2, -0.15) is 0 Å². The number of ether oxygens (including phenoxy) is 3. The molecule has 0 spiro atoms. The van der Waals surface area contributed by atoms with E-state index in [4.69, 9.17) is 14.2 Å². The van der Waals surface area contributed by atoms with E-state index in [0.717, 1.165) is 33.2 Å². The Labute approximate surface area is 188 Å². The zero-order valence-corrected chi connectivity index (χ0v) is 18.9. The summed E-state index contributed by atoms with van der Waals surface area (Å²) in [6, 6.07) is 13.7. The summed E-state index contributed by atoms with van der Waals surface area (Å²) in [7, 11) is 3.21. The van der Waals surface area contributed by atoms with Crippen LogP contribution in [0, 0.1) is 0 Å². The number of nitrogens with zero attached hydrogens (tertiary/aromatic N) is 2. The van der Waals surface area contributed by atoms with E-state index in [9.17, 15) is 4.79 Å². The number of hydrogen-bond acceptors (Lipinski definition) is 8. The van der Waals surface area contributed by atoms with Crippen molar-refractivity contribution in [1.29, 1.82) is 0 Å². The first-order chi connectivity index (χ1) is 15.2. The SMILES string of the molecule is COc1ccc(-c2nc(COC(=O)CCCc3nc4ccccc4s3)cs2)cc1OC. The maximum absolute atomic E-state index is 12.1. The zero-order chi connectivity index (χ0) is 21.6. The molecular formula is C23H22N2O4S2. The Kier molecular flexibility index (Phi) is 6.79. The fraction of sp³-hybridized carbons (Fsp3) is 0.261. The highest BCUT2D eigenvalue weighted by Crippen LogP contribution is 2.33. The van der Waals surface area contributed by atoms with Gasteiger partial charge in [0.25, 0.3) is 0 Å². The van der Waals surface area contributed by atoms with Gasteiger partial charge in [0.1, 0.15) is 11.6 Å². The van der Waals surface area contributed by atoms with Crippen molar-refractivity contribution < 1.29 is 19.0 Å². The predicted octanol–water partition coefficient (Wildman–Crippen LogP) is 5.50. The van der Waals surface area contributed by atoms with Gasteiger partial charge in [-0.1, -0.05) is 12.1 Å². The average molecular weight is 455 g/mol. The molecule has 0 atom stereocenters.